The molecule has 0 unspecified atom stereocenters. The highest BCUT2D eigenvalue weighted by Gasteiger charge is 2.06. The molecule has 1 aromatic heterocycles. The van der Waals surface area contributed by atoms with E-state index in [2.05, 4.69) is 37.7 Å². The largest absolute Gasteiger partial charge is 0.495 e. The highest BCUT2D eigenvalue weighted by atomic mass is 79.9. The number of ether oxygens (including phenoxy) is 1. The zero-order valence-corrected chi connectivity index (χ0v) is 12.3. The van der Waals surface area contributed by atoms with Crippen molar-refractivity contribution < 1.29 is 4.74 Å². The van der Waals surface area contributed by atoms with Crippen molar-refractivity contribution in [1.29, 1.82) is 0 Å². The third kappa shape index (κ3) is 2.67. The van der Waals surface area contributed by atoms with Gasteiger partial charge in [-0.05, 0) is 41.9 Å². The predicted molar refractivity (Wildman–Crippen MR) is 76.6 cm³/mol. The lowest BCUT2D eigenvalue weighted by Crippen LogP contribution is -2.01. The summed E-state index contributed by atoms with van der Waals surface area (Å²) in [7, 11) is 1.65. The number of aryl methyl sites for hydroxylation is 2. The van der Waals surface area contributed by atoms with Crippen molar-refractivity contribution >= 4 is 27.6 Å². The Labute approximate surface area is 115 Å². The number of nitrogens with zero attached hydrogens (tertiary/aromatic N) is 2. The third-order valence-corrected chi connectivity index (χ3v) is 3.30. The molecule has 2 aromatic rings. The average molecular weight is 310 g/mol. The molecule has 4 nitrogen and oxygen atoms in total. The van der Waals surface area contributed by atoms with Crippen molar-refractivity contribution in [2.45, 2.75) is 20.4 Å². The quantitative estimate of drug-likeness (QED) is 0.935. The summed E-state index contributed by atoms with van der Waals surface area (Å²) in [5.74, 6) is 1.64. The van der Waals surface area contributed by atoms with E-state index in [1.165, 1.54) is 0 Å². The molecule has 0 aliphatic heterocycles. The average Bonchev–Trinajstić information content (AvgIpc) is 2.72. The van der Waals surface area contributed by atoms with Crippen molar-refractivity contribution in [2.24, 2.45) is 0 Å². The first-order chi connectivity index (χ1) is 8.63. The van der Waals surface area contributed by atoms with Gasteiger partial charge in [-0.3, -0.25) is 0 Å². The lowest BCUT2D eigenvalue weighted by atomic mass is 10.3. The van der Waals surface area contributed by atoms with Crippen LogP contribution in [0.4, 0.5) is 11.6 Å². The second-order valence-corrected chi connectivity index (χ2v) is 4.82. The van der Waals surface area contributed by atoms with Crippen LogP contribution in [0.25, 0.3) is 0 Å². The Bertz CT molecular complexity index is 551. The minimum atomic E-state index is 0.798. The van der Waals surface area contributed by atoms with Gasteiger partial charge in [-0.25, -0.2) is 4.98 Å². The third-order valence-electron chi connectivity index (χ3n) is 2.64. The molecular weight excluding hydrogens is 294 g/mol. The van der Waals surface area contributed by atoms with Crippen molar-refractivity contribution in [3.05, 3.63) is 34.6 Å². The number of nitrogens with one attached hydrogen (secondary N) is 1. The molecule has 0 aliphatic carbocycles. The van der Waals surface area contributed by atoms with Crippen LogP contribution in [-0.2, 0) is 6.54 Å². The van der Waals surface area contributed by atoms with E-state index in [1.54, 1.807) is 7.11 Å². The number of methoxy groups -OCH3 is 1. The normalized spacial score (nSPS) is 10.4. The molecule has 18 heavy (non-hydrogen) atoms. The van der Waals surface area contributed by atoms with Crippen LogP contribution in [0.3, 0.4) is 0 Å². The Balaban J connectivity index is 2.28. The summed E-state index contributed by atoms with van der Waals surface area (Å²) in [5.41, 5.74) is 1.96. The van der Waals surface area contributed by atoms with E-state index in [-0.39, 0.29) is 0 Å². The number of aromatic nitrogens is 2. The van der Waals surface area contributed by atoms with Crippen molar-refractivity contribution in [1.82, 2.24) is 9.55 Å². The molecule has 0 saturated carbocycles. The van der Waals surface area contributed by atoms with Gasteiger partial charge in [-0.1, -0.05) is 0 Å². The number of benzene rings is 1. The van der Waals surface area contributed by atoms with Crippen LogP contribution < -0.4 is 10.1 Å². The zero-order chi connectivity index (χ0) is 13.1. The van der Waals surface area contributed by atoms with Crippen LogP contribution >= 0.6 is 15.9 Å². The summed E-state index contributed by atoms with van der Waals surface area (Å²) in [6.45, 7) is 4.96. The molecule has 1 N–H and O–H groups in total. The monoisotopic (exact) mass is 309 g/mol. The Morgan fingerprint density at radius 3 is 2.89 bits per heavy atom. The van der Waals surface area contributed by atoms with Crippen LogP contribution in [0.5, 0.6) is 5.75 Å². The Morgan fingerprint density at radius 1 is 1.44 bits per heavy atom. The smallest absolute Gasteiger partial charge is 0.207 e. The number of imidazole rings is 1. The molecular formula is C13H16BrN3O. The first-order valence-corrected chi connectivity index (χ1v) is 6.57. The van der Waals surface area contributed by atoms with E-state index in [0.29, 0.717) is 0 Å². The Morgan fingerprint density at radius 2 is 2.22 bits per heavy atom. The van der Waals surface area contributed by atoms with Gasteiger partial charge in [0.2, 0.25) is 5.95 Å². The minimum Gasteiger partial charge on any atom is -0.495 e. The fourth-order valence-corrected chi connectivity index (χ4v) is 2.16. The molecule has 1 heterocycles. The van der Waals surface area contributed by atoms with Gasteiger partial charge >= 0.3 is 0 Å². The lowest BCUT2D eigenvalue weighted by Gasteiger charge is -2.10. The van der Waals surface area contributed by atoms with Crippen LogP contribution in [0, 0.1) is 6.92 Å². The molecule has 0 fully saturated rings. The van der Waals surface area contributed by atoms with Crippen molar-refractivity contribution in [3.63, 3.8) is 0 Å². The predicted octanol–water partition coefficient (Wildman–Crippen LogP) is 3.73. The highest BCUT2D eigenvalue weighted by molar-refractivity contribution is 9.10. The number of hydrogen-bond acceptors (Lipinski definition) is 3. The van der Waals surface area contributed by atoms with E-state index >= 15 is 0 Å². The molecule has 0 radical (unpaired) electrons. The summed E-state index contributed by atoms with van der Waals surface area (Å²) in [6, 6.07) is 5.87. The lowest BCUT2D eigenvalue weighted by molar-refractivity contribution is 0.412. The van der Waals surface area contributed by atoms with Crippen LogP contribution in [0.2, 0.25) is 0 Å². The summed E-state index contributed by atoms with van der Waals surface area (Å²) in [4.78, 5) is 4.45. The van der Waals surface area contributed by atoms with E-state index in [1.807, 2.05) is 31.3 Å². The molecule has 5 heteroatoms. The second kappa shape index (κ2) is 5.44. The van der Waals surface area contributed by atoms with Gasteiger partial charge in [0.25, 0.3) is 0 Å². The first kappa shape index (κ1) is 13.0. The van der Waals surface area contributed by atoms with Gasteiger partial charge in [-0.15, -0.1) is 0 Å². The number of anilines is 2. The summed E-state index contributed by atoms with van der Waals surface area (Å²) in [5, 5.41) is 3.30. The summed E-state index contributed by atoms with van der Waals surface area (Å²) >= 11 is 3.43. The summed E-state index contributed by atoms with van der Waals surface area (Å²) < 4.78 is 8.28. The van der Waals surface area contributed by atoms with Crippen molar-refractivity contribution in [2.75, 3.05) is 12.4 Å². The van der Waals surface area contributed by atoms with Gasteiger partial charge in [0.05, 0.1) is 17.3 Å². The van der Waals surface area contributed by atoms with Crippen LogP contribution in [-0.4, -0.2) is 16.7 Å². The van der Waals surface area contributed by atoms with Gasteiger partial charge in [-0.2, -0.15) is 0 Å². The molecule has 2 rings (SSSR count). The van der Waals surface area contributed by atoms with Gasteiger partial charge in [0.15, 0.2) is 0 Å². The molecule has 0 bridgehead atoms. The van der Waals surface area contributed by atoms with Crippen molar-refractivity contribution in [3.8, 4) is 5.75 Å². The van der Waals surface area contributed by atoms with E-state index in [4.69, 9.17) is 4.74 Å². The molecule has 0 amide bonds. The second-order valence-electron chi connectivity index (χ2n) is 3.97. The van der Waals surface area contributed by atoms with Gasteiger partial charge < -0.3 is 14.6 Å². The topological polar surface area (TPSA) is 39.1 Å². The van der Waals surface area contributed by atoms with Gasteiger partial charge in [0.1, 0.15) is 5.75 Å². The van der Waals surface area contributed by atoms with Crippen LogP contribution in [0.15, 0.2) is 28.9 Å². The fraction of sp³-hybridized carbons (Fsp3) is 0.308. The molecule has 96 valence electrons. The maximum Gasteiger partial charge on any atom is 0.207 e. The Hall–Kier alpha value is -1.49. The molecule has 0 spiro atoms. The van der Waals surface area contributed by atoms with E-state index < -0.39 is 0 Å². The van der Waals surface area contributed by atoms with Gasteiger partial charge in [0, 0.05) is 24.5 Å². The number of hydrogen-bond donors (Lipinski definition) is 1. The van der Waals surface area contributed by atoms with E-state index in [0.717, 1.165) is 34.1 Å². The standard InChI is InChI=1S/C13H16BrN3O/c1-4-17-8-9(2)15-13(17)16-10-5-6-11(14)12(7-10)18-3/h5-8H,4H2,1-3H3,(H,15,16). The van der Waals surface area contributed by atoms with Crippen LogP contribution in [0.1, 0.15) is 12.6 Å². The molecule has 0 atom stereocenters. The maximum absolute atomic E-state index is 5.27. The fourth-order valence-electron chi connectivity index (χ4n) is 1.75. The number of halogens is 1. The first-order valence-electron chi connectivity index (χ1n) is 5.78. The molecule has 0 saturated heterocycles. The maximum atomic E-state index is 5.27. The zero-order valence-electron chi connectivity index (χ0n) is 10.7. The Kier molecular flexibility index (Phi) is 3.91. The summed E-state index contributed by atoms with van der Waals surface area (Å²) in [6.07, 6.45) is 2.03. The SMILES string of the molecule is CCn1cc(C)nc1Nc1ccc(Br)c(OC)c1. The minimum absolute atomic E-state index is 0.798. The number of rotatable bonds is 4. The highest BCUT2D eigenvalue weighted by Crippen LogP contribution is 2.29. The molecule has 0 aliphatic rings. The molecule has 1 aromatic carbocycles. The van der Waals surface area contributed by atoms with E-state index in [9.17, 15) is 0 Å².